The van der Waals surface area contributed by atoms with Crippen molar-refractivity contribution >= 4 is 27.0 Å². The summed E-state index contributed by atoms with van der Waals surface area (Å²) in [5.74, 6) is -1.60. The molecule has 0 saturated carbocycles. The largest absolute Gasteiger partial charge is 0.290 e. The first-order chi connectivity index (χ1) is 11.3. The van der Waals surface area contributed by atoms with Gasteiger partial charge >= 0.3 is 0 Å². The first-order valence-electron chi connectivity index (χ1n) is 6.64. The third-order valence-electron chi connectivity index (χ3n) is 2.97. The van der Waals surface area contributed by atoms with Gasteiger partial charge in [0.2, 0.25) is 5.78 Å². The third kappa shape index (κ3) is 3.71. The van der Waals surface area contributed by atoms with Gasteiger partial charge in [-0.1, -0.05) is 0 Å². The number of ketones is 1. The molecular formula is C14H11FN4O3S2. The van der Waals surface area contributed by atoms with Gasteiger partial charge in [-0.25, -0.2) is 22.5 Å². The van der Waals surface area contributed by atoms with Gasteiger partial charge < -0.3 is 0 Å². The highest BCUT2D eigenvalue weighted by Crippen LogP contribution is 2.23. The number of pyridine rings is 1. The number of thiazole rings is 1. The molecule has 0 aromatic carbocycles. The molecule has 0 fully saturated rings. The Kier molecular flexibility index (Phi) is 4.24. The van der Waals surface area contributed by atoms with Crippen molar-refractivity contribution in [2.45, 2.75) is 0 Å². The molecule has 0 bridgehead atoms. The van der Waals surface area contributed by atoms with E-state index in [2.05, 4.69) is 15.1 Å². The molecule has 0 N–H and O–H groups in total. The van der Waals surface area contributed by atoms with E-state index in [0.717, 1.165) is 23.8 Å². The zero-order chi connectivity index (χ0) is 17.3. The Balaban J connectivity index is 1.85. The second-order valence-corrected chi connectivity index (χ2v) is 8.06. The number of sulfone groups is 1. The summed E-state index contributed by atoms with van der Waals surface area (Å²) >= 11 is 1.07. The van der Waals surface area contributed by atoms with Crippen LogP contribution < -0.4 is 0 Å². The van der Waals surface area contributed by atoms with E-state index in [9.17, 15) is 17.6 Å². The molecule has 0 aliphatic carbocycles. The summed E-state index contributed by atoms with van der Waals surface area (Å²) in [5, 5.41) is 5.87. The van der Waals surface area contributed by atoms with Crippen LogP contribution in [0.3, 0.4) is 0 Å². The van der Waals surface area contributed by atoms with Gasteiger partial charge in [0.25, 0.3) is 0 Å². The Morgan fingerprint density at radius 3 is 2.83 bits per heavy atom. The van der Waals surface area contributed by atoms with E-state index in [1.807, 2.05) is 0 Å². The van der Waals surface area contributed by atoms with Gasteiger partial charge in [-0.15, -0.1) is 11.3 Å². The molecule has 0 unspecified atom stereocenters. The van der Waals surface area contributed by atoms with Gasteiger partial charge in [0.1, 0.15) is 11.6 Å². The Bertz CT molecular complexity index is 1010. The summed E-state index contributed by atoms with van der Waals surface area (Å²) in [6.45, 7) is 0. The highest BCUT2D eigenvalue weighted by atomic mass is 32.2. The monoisotopic (exact) mass is 366 g/mol. The molecule has 0 radical (unpaired) electrons. The molecule has 124 valence electrons. The topological polar surface area (TPSA) is 94.8 Å². The summed E-state index contributed by atoms with van der Waals surface area (Å²) in [4.78, 5) is 19.8. The number of hydrogen-bond donors (Lipinski definition) is 0. The second-order valence-electron chi connectivity index (χ2n) is 5.07. The van der Waals surface area contributed by atoms with E-state index in [1.54, 1.807) is 11.6 Å². The smallest absolute Gasteiger partial charge is 0.206 e. The number of rotatable bonds is 5. The molecule has 0 atom stereocenters. The van der Waals surface area contributed by atoms with Crippen LogP contribution in [0.4, 0.5) is 4.39 Å². The summed E-state index contributed by atoms with van der Waals surface area (Å²) in [6, 6.07) is 1.28. The van der Waals surface area contributed by atoms with E-state index < -0.39 is 27.2 Å². The molecule has 3 aromatic rings. The van der Waals surface area contributed by atoms with Gasteiger partial charge in [0.05, 0.1) is 30.0 Å². The fourth-order valence-corrected chi connectivity index (χ4v) is 3.43. The number of carbonyl (C=O) groups excluding carboxylic acids is 1. The third-order valence-corrected chi connectivity index (χ3v) is 4.64. The van der Waals surface area contributed by atoms with Crippen LogP contribution in [0.2, 0.25) is 0 Å². The summed E-state index contributed by atoms with van der Waals surface area (Å²) < 4.78 is 37.0. The average molecular weight is 366 g/mol. The summed E-state index contributed by atoms with van der Waals surface area (Å²) in [7, 11) is -3.40. The zero-order valence-electron chi connectivity index (χ0n) is 12.4. The van der Waals surface area contributed by atoms with E-state index in [0.29, 0.717) is 16.9 Å². The normalized spacial score (nSPS) is 11.6. The second kappa shape index (κ2) is 6.21. The fraction of sp³-hybridized carbons (Fsp3) is 0.143. The van der Waals surface area contributed by atoms with Gasteiger partial charge in [0.15, 0.2) is 14.8 Å². The van der Waals surface area contributed by atoms with E-state index in [-0.39, 0.29) is 5.01 Å². The number of Topliss-reactive ketones (excluding diaryl/α,β-unsaturated/α-hetero) is 1. The average Bonchev–Trinajstić information content (AvgIpc) is 3.15. The molecule has 3 heterocycles. The van der Waals surface area contributed by atoms with Crippen LogP contribution >= 0.6 is 11.3 Å². The molecule has 0 aliphatic rings. The van der Waals surface area contributed by atoms with Crippen LogP contribution in [-0.4, -0.2) is 46.0 Å². The zero-order valence-corrected chi connectivity index (χ0v) is 14.0. The highest BCUT2D eigenvalue weighted by molar-refractivity contribution is 7.91. The predicted molar refractivity (Wildman–Crippen MR) is 86.5 cm³/mol. The van der Waals surface area contributed by atoms with Gasteiger partial charge in [-0.2, -0.15) is 5.10 Å². The lowest BCUT2D eigenvalue weighted by Crippen LogP contribution is -2.14. The van der Waals surface area contributed by atoms with E-state index >= 15 is 0 Å². The Hall–Kier alpha value is -2.46. The predicted octanol–water partition coefficient (Wildman–Crippen LogP) is 1.76. The number of carbonyl (C=O) groups is 1. The Labute approximate surface area is 140 Å². The highest BCUT2D eigenvalue weighted by Gasteiger charge is 2.18. The number of nitrogens with zero attached hydrogens (tertiary/aromatic N) is 4. The number of hydrogen-bond acceptors (Lipinski definition) is 7. The SMILES string of the molecule is CS(=O)(=O)CC(=O)c1nc(-c2cnn(-c3cncc(F)c3)c2)cs1. The van der Waals surface area contributed by atoms with Crippen molar-refractivity contribution in [3.05, 3.63) is 47.1 Å². The standard InChI is InChI=1S/C14H11FN4O3S2/c1-24(21,22)8-13(20)14-18-12(7-23-14)9-3-17-19(6-9)11-2-10(15)4-16-5-11/h2-7H,8H2,1H3. The van der Waals surface area contributed by atoms with Crippen LogP contribution in [0.15, 0.2) is 36.2 Å². The minimum atomic E-state index is -3.40. The minimum absolute atomic E-state index is 0.121. The maximum Gasteiger partial charge on any atom is 0.206 e. The van der Waals surface area contributed by atoms with Crippen LogP contribution in [0, 0.1) is 5.82 Å². The maximum atomic E-state index is 13.2. The quantitative estimate of drug-likeness (QED) is 0.639. The van der Waals surface area contributed by atoms with Crippen LogP contribution in [0.25, 0.3) is 16.9 Å². The fourth-order valence-electron chi connectivity index (χ4n) is 1.96. The first kappa shape index (κ1) is 16.4. The van der Waals surface area contributed by atoms with Crippen molar-refractivity contribution in [2.75, 3.05) is 12.0 Å². The molecule has 3 rings (SSSR count). The van der Waals surface area contributed by atoms with Crippen molar-refractivity contribution in [3.8, 4) is 16.9 Å². The molecule has 0 spiro atoms. The molecule has 0 amide bonds. The lowest BCUT2D eigenvalue weighted by molar-refractivity contribution is 0.102. The maximum absolute atomic E-state index is 13.2. The molecule has 24 heavy (non-hydrogen) atoms. The van der Waals surface area contributed by atoms with Crippen molar-refractivity contribution in [1.29, 1.82) is 0 Å². The molecule has 0 saturated heterocycles. The summed E-state index contributed by atoms with van der Waals surface area (Å²) in [5.41, 5.74) is 1.56. The van der Waals surface area contributed by atoms with Crippen molar-refractivity contribution in [1.82, 2.24) is 19.7 Å². The number of halogens is 1. The molecule has 0 aliphatic heterocycles. The molecule has 7 nitrogen and oxygen atoms in total. The minimum Gasteiger partial charge on any atom is -0.290 e. The Morgan fingerprint density at radius 2 is 2.12 bits per heavy atom. The molecule has 3 aromatic heterocycles. The van der Waals surface area contributed by atoms with Crippen LogP contribution in [-0.2, 0) is 9.84 Å². The lowest BCUT2D eigenvalue weighted by atomic mass is 10.3. The Morgan fingerprint density at radius 1 is 1.33 bits per heavy atom. The first-order valence-corrected chi connectivity index (χ1v) is 9.58. The number of aromatic nitrogens is 4. The van der Waals surface area contributed by atoms with Crippen LogP contribution in [0.5, 0.6) is 0 Å². The van der Waals surface area contributed by atoms with E-state index in [4.69, 9.17) is 0 Å². The van der Waals surface area contributed by atoms with E-state index in [1.165, 1.54) is 23.1 Å². The van der Waals surface area contributed by atoms with Gasteiger partial charge in [-0.05, 0) is 0 Å². The molecule has 10 heteroatoms. The van der Waals surface area contributed by atoms with Crippen LogP contribution in [0.1, 0.15) is 9.80 Å². The molecular weight excluding hydrogens is 355 g/mol. The lowest BCUT2D eigenvalue weighted by Gasteiger charge is -1.99. The van der Waals surface area contributed by atoms with Crippen molar-refractivity contribution in [3.63, 3.8) is 0 Å². The van der Waals surface area contributed by atoms with Gasteiger partial charge in [0, 0.05) is 29.5 Å². The summed E-state index contributed by atoms with van der Waals surface area (Å²) in [6.07, 6.45) is 6.69. The van der Waals surface area contributed by atoms with Gasteiger partial charge in [-0.3, -0.25) is 9.78 Å². The van der Waals surface area contributed by atoms with Crippen molar-refractivity contribution < 1.29 is 17.6 Å². The van der Waals surface area contributed by atoms with Crippen molar-refractivity contribution in [2.24, 2.45) is 0 Å².